The van der Waals surface area contributed by atoms with Crippen LogP contribution in [0.15, 0.2) is 60.7 Å². The minimum Gasteiger partial charge on any atom is -0.461 e. The quantitative estimate of drug-likeness (QED) is 0.595. The normalized spacial score (nSPS) is 10.6. The fraction of sp³-hybridized carbons (Fsp3) is 0.167. The van der Waals surface area contributed by atoms with Crippen LogP contribution in [0.3, 0.4) is 0 Å². The third-order valence-electron chi connectivity index (χ3n) is 3.15. The highest BCUT2D eigenvalue weighted by Gasteiger charge is 2.02. The molecule has 0 aromatic heterocycles. The van der Waals surface area contributed by atoms with Crippen molar-refractivity contribution in [1.82, 2.24) is 0 Å². The molecule has 2 aromatic carbocycles. The van der Waals surface area contributed by atoms with E-state index in [1.54, 1.807) is 18.2 Å². The van der Waals surface area contributed by atoms with Crippen molar-refractivity contribution >= 4 is 29.3 Å². The molecule has 0 fully saturated rings. The van der Waals surface area contributed by atoms with Gasteiger partial charge in [0, 0.05) is 23.8 Å². The maximum Gasteiger partial charge on any atom is 0.330 e. The second-order valence-corrected chi connectivity index (χ2v) is 5.25. The van der Waals surface area contributed by atoms with Crippen LogP contribution in [0.2, 0.25) is 5.02 Å². The van der Waals surface area contributed by atoms with Crippen molar-refractivity contribution in [2.45, 2.75) is 0 Å². The topological polar surface area (TPSA) is 29.5 Å². The van der Waals surface area contributed by atoms with E-state index >= 15 is 0 Å². The number of carbonyl (C=O) groups is 1. The molecule has 0 radical (unpaired) electrons. The predicted octanol–water partition coefficient (Wildman–Crippen LogP) is 4.03. The lowest BCUT2D eigenvalue weighted by molar-refractivity contribution is -0.137. The van der Waals surface area contributed by atoms with Crippen molar-refractivity contribution in [3.05, 3.63) is 71.3 Å². The molecule has 22 heavy (non-hydrogen) atoms. The fourth-order valence-electron chi connectivity index (χ4n) is 1.88. The molecule has 0 saturated heterocycles. The fourth-order valence-corrected chi connectivity index (χ4v) is 2.01. The lowest BCUT2D eigenvalue weighted by Crippen LogP contribution is -2.23. The molecule has 0 N–H and O–H groups in total. The van der Waals surface area contributed by atoms with Crippen molar-refractivity contribution in [2.24, 2.45) is 0 Å². The molecule has 0 aliphatic carbocycles. The Hall–Kier alpha value is -2.26. The first-order valence-corrected chi connectivity index (χ1v) is 7.39. The van der Waals surface area contributed by atoms with Crippen LogP contribution in [0.1, 0.15) is 5.56 Å². The largest absolute Gasteiger partial charge is 0.461 e. The molecule has 0 spiro atoms. The van der Waals surface area contributed by atoms with Gasteiger partial charge in [0.05, 0.1) is 6.54 Å². The first-order valence-electron chi connectivity index (χ1n) is 7.02. The first-order chi connectivity index (χ1) is 10.6. The van der Waals surface area contributed by atoms with Crippen LogP contribution in [0.5, 0.6) is 0 Å². The highest BCUT2D eigenvalue weighted by atomic mass is 35.5. The van der Waals surface area contributed by atoms with Gasteiger partial charge in [-0.1, -0.05) is 41.9 Å². The summed E-state index contributed by atoms with van der Waals surface area (Å²) < 4.78 is 5.19. The molecule has 114 valence electrons. The highest BCUT2D eigenvalue weighted by molar-refractivity contribution is 6.30. The summed E-state index contributed by atoms with van der Waals surface area (Å²) in [5.74, 6) is -0.351. The molecule has 0 aliphatic heterocycles. The lowest BCUT2D eigenvalue weighted by Gasteiger charge is -2.18. The van der Waals surface area contributed by atoms with Crippen molar-refractivity contribution < 1.29 is 9.53 Å². The SMILES string of the molecule is CN(CCOC(=O)C=Cc1ccc(Cl)cc1)c1ccccc1. The smallest absolute Gasteiger partial charge is 0.330 e. The molecular formula is C18H18ClNO2. The average molecular weight is 316 g/mol. The minimum atomic E-state index is -0.351. The molecule has 2 rings (SSSR count). The van der Waals surface area contributed by atoms with Gasteiger partial charge in [-0.05, 0) is 35.9 Å². The summed E-state index contributed by atoms with van der Waals surface area (Å²) in [7, 11) is 1.96. The Morgan fingerprint density at radius 1 is 1.14 bits per heavy atom. The summed E-state index contributed by atoms with van der Waals surface area (Å²) in [6.45, 7) is 0.986. The summed E-state index contributed by atoms with van der Waals surface area (Å²) in [5, 5.41) is 0.670. The van der Waals surface area contributed by atoms with Gasteiger partial charge in [0.2, 0.25) is 0 Å². The number of carbonyl (C=O) groups excluding carboxylic acids is 1. The Morgan fingerprint density at radius 2 is 1.82 bits per heavy atom. The number of ether oxygens (including phenoxy) is 1. The van der Waals surface area contributed by atoms with E-state index in [0.717, 1.165) is 11.3 Å². The van der Waals surface area contributed by atoms with E-state index in [1.807, 2.05) is 54.4 Å². The van der Waals surface area contributed by atoms with Gasteiger partial charge < -0.3 is 9.64 Å². The van der Waals surface area contributed by atoms with Crippen molar-refractivity contribution in [1.29, 1.82) is 0 Å². The molecule has 0 atom stereocenters. The van der Waals surface area contributed by atoms with E-state index in [0.29, 0.717) is 18.2 Å². The zero-order valence-corrected chi connectivity index (χ0v) is 13.2. The average Bonchev–Trinajstić information content (AvgIpc) is 2.55. The van der Waals surface area contributed by atoms with Crippen molar-refractivity contribution in [3.63, 3.8) is 0 Å². The van der Waals surface area contributed by atoms with Gasteiger partial charge in [-0.2, -0.15) is 0 Å². The van der Waals surface area contributed by atoms with Crippen LogP contribution in [0.25, 0.3) is 6.08 Å². The van der Waals surface area contributed by atoms with Crippen LogP contribution in [-0.2, 0) is 9.53 Å². The van der Waals surface area contributed by atoms with Gasteiger partial charge in [-0.25, -0.2) is 4.79 Å². The van der Waals surface area contributed by atoms with Gasteiger partial charge in [0.25, 0.3) is 0 Å². The second-order valence-electron chi connectivity index (χ2n) is 4.81. The Labute approximate surface area is 135 Å². The number of anilines is 1. The predicted molar refractivity (Wildman–Crippen MR) is 91.2 cm³/mol. The maximum absolute atomic E-state index is 11.6. The third kappa shape index (κ3) is 5.26. The van der Waals surface area contributed by atoms with E-state index in [4.69, 9.17) is 16.3 Å². The van der Waals surface area contributed by atoms with Crippen LogP contribution < -0.4 is 4.90 Å². The molecular weight excluding hydrogens is 298 g/mol. The van der Waals surface area contributed by atoms with E-state index in [2.05, 4.69) is 0 Å². The molecule has 0 unspecified atom stereocenters. The van der Waals surface area contributed by atoms with Crippen LogP contribution in [-0.4, -0.2) is 26.2 Å². The first kappa shape index (κ1) is 16.1. The Bertz CT molecular complexity index is 623. The highest BCUT2D eigenvalue weighted by Crippen LogP contribution is 2.11. The molecule has 3 nitrogen and oxygen atoms in total. The number of hydrogen-bond donors (Lipinski definition) is 0. The summed E-state index contributed by atoms with van der Waals surface area (Å²) in [4.78, 5) is 13.7. The standard InChI is InChI=1S/C18H18ClNO2/c1-20(17-5-3-2-4-6-17)13-14-22-18(21)12-9-15-7-10-16(19)11-8-15/h2-12H,13-14H2,1H3. The van der Waals surface area contributed by atoms with E-state index in [1.165, 1.54) is 6.08 Å². The zero-order valence-electron chi connectivity index (χ0n) is 12.4. The van der Waals surface area contributed by atoms with Crippen LogP contribution in [0.4, 0.5) is 5.69 Å². The van der Waals surface area contributed by atoms with E-state index < -0.39 is 0 Å². The van der Waals surface area contributed by atoms with Gasteiger partial charge >= 0.3 is 5.97 Å². The Kier molecular flexibility index (Phi) is 6.04. The maximum atomic E-state index is 11.6. The number of likely N-dealkylation sites (N-methyl/N-ethyl adjacent to an activating group) is 1. The Morgan fingerprint density at radius 3 is 2.50 bits per heavy atom. The summed E-state index contributed by atoms with van der Waals surface area (Å²) in [6, 6.07) is 17.2. The molecule has 0 bridgehead atoms. The number of rotatable bonds is 6. The van der Waals surface area contributed by atoms with Crippen LogP contribution in [0, 0.1) is 0 Å². The molecule has 0 heterocycles. The van der Waals surface area contributed by atoms with Gasteiger partial charge in [0.1, 0.15) is 6.61 Å². The molecule has 0 aliphatic rings. The summed E-state index contributed by atoms with van der Waals surface area (Å²) >= 11 is 5.80. The van der Waals surface area contributed by atoms with Gasteiger partial charge in [0.15, 0.2) is 0 Å². The number of para-hydroxylation sites is 1. The van der Waals surface area contributed by atoms with Crippen LogP contribution >= 0.6 is 11.6 Å². The van der Waals surface area contributed by atoms with E-state index in [-0.39, 0.29) is 5.97 Å². The zero-order chi connectivity index (χ0) is 15.8. The molecule has 0 amide bonds. The number of esters is 1. The molecule has 0 saturated carbocycles. The monoisotopic (exact) mass is 315 g/mol. The molecule has 2 aromatic rings. The molecule has 4 heteroatoms. The lowest BCUT2D eigenvalue weighted by atomic mass is 10.2. The number of hydrogen-bond acceptors (Lipinski definition) is 3. The van der Waals surface area contributed by atoms with Gasteiger partial charge in [-0.15, -0.1) is 0 Å². The van der Waals surface area contributed by atoms with Gasteiger partial charge in [-0.3, -0.25) is 0 Å². The number of benzene rings is 2. The summed E-state index contributed by atoms with van der Waals surface area (Å²) in [5.41, 5.74) is 2.00. The second kappa shape index (κ2) is 8.25. The van der Waals surface area contributed by atoms with Crippen molar-refractivity contribution in [2.75, 3.05) is 25.1 Å². The van der Waals surface area contributed by atoms with Crippen molar-refractivity contribution in [3.8, 4) is 0 Å². The summed E-state index contributed by atoms with van der Waals surface area (Å²) in [6.07, 6.45) is 3.13. The minimum absolute atomic E-state index is 0.342. The number of halogens is 1. The Balaban J connectivity index is 1.75. The number of nitrogens with zero attached hydrogens (tertiary/aromatic N) is 1. The van der Waals surface area contributed by atoms with E-state index in [9.17, 15) is 4.79 Å². The third-order valence-corrected chi connectivity index (χ3v) is 3.40.